The molecule has 0 amide bonds. The number of benzene rings is 2. The monoisotopic (exact) mass is 383 g/mol. The fraction of sp³-hybridized carbons (Fsp3) is 0.0625. The van der Waals surface area contributed by atoms with Gasteiger partial charge in [-0.05, 0) is 36.4 Å². The third-order valence-corrected chi connectivity index (χ3v) is 3.49. The number of aromatic nitrogens is 3. The number of halogens is 5. The number of hydrogen-bond acceptors (Lipinski definition) is 5. The zero-order chi connectivity index (χ0) is 18.7. The summed E-state index contributed by atoms with van der Waals surface area (Å²) in [6.45, 7) is 0. The maximum atomic E-state index is 13.2. The lowest BCUT2D eigenvalue weighted by molar-refractivity contribution is -0.137. The Labute approximate surface area is 150 Å². The predicted molar refractivity (Wildman–Crippen MR) is 89.2 cm³/mol. The average molecular weight is 384 g/mol. The molecule has 1 heterocycles. The summed E-state index contributed by atoms with van der Waals surface area (Å²) in [5, 5.41) is 12.9. The molecule has 0 radical (unpaired) electrons. The van der Waals surface area contributed by atoms with E-state index in [9.17, 15) is 17.6 Å². The van der Waals surface area contributed by atoms with E-state index in [2.05, 4.69) is 25.8 Å². The zero-order valence-corrected chi connectivity index (χ0v) is 13.6. The number of anilines is 4. The van der Waals surface area contributed by atoms with Crippen molar-refractivity contribution in [3.63, 3.8) is 0 Å². The molecule has 0 atom stereocenters. The smallest absolute Gasteiger partial charge is 0.339 e. The maximum absolute atomic E-state index is 13.2. The Kier molecular flexibility index (Phi) is 4.90. The van der Waals surface area contributed by atoms with Gasteiger partial charge in [-0.2, -0.15) is 23.3 Å². The summed E-state index contributed by atoms with van der Waals surface area (Å²) in [4.78, 5) is 4.09. The number of alkyl halides is 3. The lowest BCUT2D eigenvalue weighted by atomic mass is 10.2. The molecule has 0 saturated carbocycles. The van der Waals surface area contributed by atoms with Gasteiger partial charge in [0.15, 0.2) is 5.82 Å². The lowest BCUT2D eigenvalue weighted by Crippen LogP contribution is -2.06. The van der Waals surface area contributed by atoms with E-state index in [1.54, 1.807) is 0 Å². The van der Waals surface area contributed by atoms with Crippen molar-refractivity contribution in [3.8, 4) is 0 Å². The van der Waals surface area contributed by atoms with Crippen molar-refractivity contribution in [2.24, 2.45) is 0 Å². The highest BCUT2D eigenvalue weighted by Crippen LogP contribution is 2.31. The van der Waals surface area contributed by atoms with Crippen molar-refractivity contribution in [1.29, 1.82) is 0 Å². The SMILES string of the molecule is Fc1ccc(Nc2nncc(Nc3cccc(C(F)(F)F)c3)n2)cc1Cl. The van der Waals surface area contributed by atoms with Gasteiger partial charge in [0.2, 0.25) is 5.95 Å². The molecule has 5 nitrogen and oxygen atoms in total. The molecule has 0 aliphatic heterocycles. The van der Waals surface area contributed by atoms with Crippen LogP contribution in [0.5, 0.6) is 0 Å². The van der Waals surface area contributed by atoms with E-state index in [1.165, 1.54) is 36.5 Å². The molecule has 10 heteroatoms. The van der Waals surface area contributed by atoms with Gasteiger partial charge in [-0.1, -0.05) is 17.7 Å². The first-order valence-corrected chi connectivity index (χ1v) is 7.55. The van der Waals surface area contributed by atoms with Crippen molar-refractivity contribution in [1.82, 2.24) is 15.2 Å². The summed E-state index contributed by atoms with van der Waals surface area (Å²) < 4.78 is 51.4. The minimum atomic E-state index is -4.45. The predicted octanol–water partition coefficient (Wildman–Crippen LogP) is 5.17. The van der Waals surface area contributed by atoms with Crippen LogP contribution in [0.1, 0.15) is 5.56 Å². The molecular formula is C16H10ClF4N5. The van der Waals surface area contributed by atoms with Crippen LogP contribution in [0.3, 0.4) is 0 Å². The summed E-state index contributed by atoms with van der Waals surface area (Å²) in [6.07, 6.45) is -3.20. The van der Waals surface area contributed by atoms with Crippen LogP contribution in [-0.4, -0.2) is 15.2 Å². The quantitative estimate of drug-likeness (QED) is 0.608. The second kappa shape index (κ2) is 7.12. The molecule has 26 heavy (non-hydrogen) atoms. The van der Waals surface area contributed by atoms with Gasteiger partial charge in [-0.3, -0.25) is 0 Å². The summed E-state index contributed by atoms with van der Waals surface area (Å²) in [7, 11) is 0. The van der Waals surface area contributed by atoms with Crippen LogP contribution in [0.25, 0.3) is 0 Å². The summed E-state index contributed by atoms with van der Waals surface area (Å²) in [6, 6.07) is 8.60. The fourth-order valence-electron chi connectivity index (χ4n) is 2.04. The van der Waals surface area contributed by atoms with E-state index < -0.39 is 17.6 Å². The Morgan fingerprint density at radius 3 is 2.46 bits per heavy atom. The second-order valence-corrected chi connectivity index (χ2v) is 5.53. The van der Waals surface area contributed by atoms with Crippen molar-refractivity contribution in [2.45, 2.75) is 6.18 Å². The number of hydrogen-bond donors (Lipinski definition) is 2. The lowest BCUT2D eigenvalue weighted by Gasteiger charge is -2.10. The molecule has 1 aromatic heterocycles. The molecule has 3 aromatic rings. The van der Waals surface area contributed by atoms with Crippen LogP contribution >= 0.6 is 11.6 Å². The normalized spacial score (nSPS) is 11.3. The molecule has 2 aromatic carbocycles. The maximum Gasteiger partial charge on any atom is 0.416 e. The van der Waals surface area contributed by atoms with Crippen LogP contribution in [0.4, 0.5) is 40.7 Å². The molecule has 2 N–H and O–H groups in total. The molecule has 134 valence electrons. The zero-order valence-electron chi connectivity index (χ0n) is 12.9. The van der Waals surface area contributed by atoms with Gasteiger partial charge in [-0.25, -0.2) is 4.39 Å². The van der Waals surface area contributed by atoms with Crippen LogP contribution in [-0.2, 0) is 6.18 Å². The third-order valence-electron chi connectivity index (χ3n) is 3.20. The van der Waals surface area contributed by atoms with Gasteiger partial charge in [0.05, 0.1) is 16.8 Å². The fourth-order valence-corrected chi connectivity index (χ4v) is 2.22. The van der Waals surface area contributed by atoms with E-state index in [0.717, 1.165) is 12.1 Å². The first-order valence-electron chi connectivity index (χ1n) is 7.17. The Hall–Kier alpha value is -2.94. The molecule has 0 fully saturated rings. The molecule has 0 unspecified atom stereocenters. The molecule has 0 bridgehead atoms. The third kappa shape index (κ3) is 4.37. The van der Waals surface area contributed by atoms with Gasteiger partial charge in [0.25, 0.3) is 0 Å². The number of nitrogens with zero attached hydrogens (tertiary/aromatic N) is 3. The van der Waals surface area contributed by atoms with Crippen molar-refractivity contribution in [3.05, 3.63) is 65.1 Å². The largest absolute Gasteiger partial charge is 0.416 e. The van der Waals surface area contributed by atoms with Gasteiger partial charge >= 0.3 is 6.18 Å². The Bertz CT molecular complexity index is 933. The van der Waals surface area contributed by atoms with Crippen LogP contribution in [0, 0.1) is 5.82 Å². The summed E-state index contributed by atoms with van der Waals surface area (Å²) >= 11 is 5.69. The van der Waals surface area contributed by atoms with Crippen molar-refractivity contribution < 1.29 is 17.6 Å². The van der Waals surface area contributed by atoms with Gasteiger partial charge in [0.1, 0.15) is 5.82 Å². The molecule has 0 spiro atoms. The van der Waals surface area contributed by atoms with Crippen molar-refractivity contribution in [2.75, 3.05) is 10.6 Å². The molecular weight excluding hydrogens is 374 g/mol. The number of nitrogens with one attached hydrogen (secondary N) is 2. The van der Waals surface area contributed by atoms with Crippen LogP contribution in [0.2, 0.25) is 5.02 Å². The summed E-state index contributed by atoms with van der Waals surface area (Å²) in [5.74, 6) is -0.337. The Morgan fingerprint density at radius 2 is 1.73 bits per heavy atom. The summed E-state index contributed by atoms with van der Waals surface area (Å²) in [5.41, 5.74) is -0.172. The Morgan fingerprint density at radius 1 is 0.962 bits per heavy atom. The first kappa shape index (κ1) is 17.9. The van der Waals surface area contributed by atoms with Crippen LogP contribution < -0.4 is 10.6 Å². The number of rotatable bonds is 4. The highest BCUT2D eigenvalue weighted by Gasteiger charge is 2.30. The van der Waals surface area contributed by atoms with Crippen LogP contribution in [0.15, 0.2) is 48.7 Å². The molecule has 0 aliphatic carbocycles. The molecule has 3 rings (SSSR count). The van der Waals surface area contributed by atoms with E-state index in [0.29, 0.717) is 5.69 Å². The van der Waals surface area contributed by atoms with Crippen molar-refractivity contribution >= 4 is 34.7 Å². The van der Waals surface area contributed by atoms with E-state index in [1.807, 2.05) is 0 Å². The molecule has 0 aliphatic rings. The second-order valence-electron chi connectivity index (χ2n) is 5.12. The molecule has 0 saturated heterocycles. The first-order chi connectivity index (χ1) is 12.3. The van der Waals surface area contributed by atoms with Gasteiger partial charge < -0.3 is 10.6 Å². The Balaban J connectivity index is 1.78. The minimum absolute atomic E-state index is 0.0599. The standard InChI is InChI=1S/C16H10ClF4N5/c17-12-7-11(4-5-13(12)18)24-15-25-14(8-22-26-15)23-10-3-1-2-9(6-10)16(19,20)21/h1-8H,(H2,23,24,25,26). The van der Waals surface area contributed by atoms with E-state index in [4.69, 9.17) is 11.6 Å². The highest BCUT2D eigenvalue weighted by molar-refractivity contribution is 6.31. The minimum Gasteiger partial charge on any atom is -0.339 e. The topological polar surface area (TPSA) is 62.7 Å². The van der Waals surface area contributed by atoms with E-state index in [-0.39, 0.29) is 22.5 Å². The van der Waals surface area contributed by atoms with E-state index >= 15 is 0 Å². The average Bonchev–Trinajstić information content (AvgIpc) is 2.58. The van der Waals surface area contributed by atoms with Gasteiger partial charge in [0, 0.05) is 11.4 Å². The van der Waals surface area contributed by atoms with Gasteiger partial charge in [-0.15, -0.1) is 5.10 Å². The highest BCUT2D eigenvalue weighted by atomic mass is 35.5.